The topological polar surface area (TPSA) is 76.7 Å². The molecule has 0 bridgehead atoms. The Morgan fingerprint density at radius 3 is 2.06 bits per heavy atom. The van der Waals surface area contributed by atoms with E-state index in [1.807, 2.05) is 60.7 Å². The minimum atomic E-state index is -0.222. The molecule has 1 saturated carbocycles. The molecule has 1 aliphatic carbocycles. The molecule has 4 rings (SSSR count). The fourth-order valence-electron chi connectivity index (χ4n) is 3.72. The molecule has 35 heavy (non-hydrogen) atoms. The molecule has 2 amide bonds. The minimum absolute atomic E-state index is 0.0540. The summed E-state index contributed by atoms with van der Waals surface area (Å²) in [6.07, 6.45) is 6.00. The van der Waals surface area contributed by atoms with Gasteiger partial charge < -0.3 is 20.1 Å². The number of carbonyl (C=O) groups excluding carboxylic acids is 2. The third-order valence-electron chi connectivity index (χ3n) is 5.95. The van der Waals surface area contributed by atoms with Crippen molar-refractivity contribution < 1.29 is 19.1 Å². The van der Waals surface area contributed by atoms with Crippen LogP contribution >= 0.6 is 0 Å². The number of nitrogens with one attached hydrogen (secondary N) is 2. The molecule has 3 aromatic rings. The highest BCUT2D eigenvalue weighted by Crippen LogP contribution is 2.23. The van der Waals surface area contributed by atoms with Crippen LogP contribution in [-0.4, -0.2) is 32.1 Å². The lowest BCUT2D eigenvalue weighted by atomic mass is 9.98. The summed E-state index contributed by atoms with van der Waals surface area (Å²) in [4.78, 5) is 25.0. The van der Waals surface area contributed by atoms with Crippen LogP contribution in [0.25, 0.3) is 6.08 Å². The van der Waals surface area contributed by atoms with E-state index in [9.17, 15) is 9.59 Å². The molecule has 180 valence electrons. The number of ether oxygens (including phenoxy) is 2. The molecule has 1 fully saturated rings. The van der Waals surface area contributed by atoms with Crippen LogP contribution in [0.5, 0.6) is 11.5 Å². The Morgan fingerprint density at radius 2 is 1.49 bits per heavy atom. The summed E-state index contributed by atoms with van der Waals surface area (Å²) < 4.78 is 10.5. The van der Waals surface area contributed by atoms with E-state index in [4.69, 9.17) is 9.47 Å². The van der Waals surface area contributed by atoms with E-state index in [1.54, 1.807) is 32.4 Å². The first-order valence-electron chi connectivity index (χ1n) is 11.7. The SMILES string of the molecule is COc1ccc(CC(NC(=O)/C=C/c2ccc(C(=O)NC3CC3)cc2)c2ccc(OC)cc2)cc1. The lowest BCUT2D eigenvalue weighted by molar-refractivity contribution is -0.117. The van der Waals surface area contributed by atoms with Crippen molar-refractivity contribution in [1.82, 2.24) is 10.6 Å². The summed E-state index contributed by atoms with van der Waals surface area (Å²) in [5.41, 5.74) is 3.53. The smallest absolute Gasteiger partial charge is 0.251 e. The van der Waals surface area contributed by atoms with Gasteiger partial charge in [0.1, 0.15) is 11.5 Å². The van der Waals surface area contributed by atoms with Crippen LogP contribution in [0.4, 0.5) is 0 Å². The lowest BCUT2D eigenvalue weighted by Gasteiger charge is -2.19. The van der Waals surface area contributed by atoms with Gasteiger partial charge in [0.2, 0.25) is 5.91 Å². The van der Waals surface area contributed by atoms with Gasteiger partial charge in [-0.1, -0.05) is 36.4 Å². The molecule has 0 radical (unpaired) electrons. The van der Waals surface area contributed by atoms with Gasteiger partial charge in [0.15, 0.2) is 0 Å². The third kappa shape index (κ3) is 6.96. The highest BCUT2D eigenvalue weighted by atomic mass is 16.5. The summed E-state index contributed by atoms with van der Waals surface area (Å²) in [6.45, 7) is 0. The van der Waals surface area contributed by atoms with E-state index in [1.165, 1.54) is 6.08 Å². The zero-order valence-electron chi connectivity index (χ0n) is 20.0. The van der Waals surface area contributed by atoms with Gasteiger partial charge in [-0.05, 0) is 78.4 Å². The maximum atomic E-state index is 12.8. The Bertz CT molecular complexity index is 1160. The Morgan fingerprint density at radius 1 is 0.886 bits per heavy atom. The number of hydrogen-bond donors (Lipinski definition) is 2. The number of hydrogen-bond acceptors (Lipinski definition) is 4. The van der Waals surface area contributed by atoms with Crippen LogP contribution < -0.4 is 20.1 Å². The first-order chi connectivity index (χ1) is 17.0. The highest BCUT2D eigenvalue weighted by Gasteiger charge is 2.23. The molecule has 1 aliphatic rings. The van der Waals surface area contributed by atoms with Gasteiger partial charge in [-0.3, -0.25) is 9.59 Å². The van der Waals surface area contributed by atoms with Crippen LogP contribution in [0.1, 0.15) is 45.9 Å². The highest BCUT2D eigenvalue weighted by molar-refractivity contribution is 5.95. The van der Waals surface area contributed by atoms with Crippen molar-refractivity contribution in [2.24, 2.45) is 0 Å². The van der Waals surface area contributed by atoms with Crippen LogP contribution in [0, 0.1) is 0 Å². The van der Waals surface area contributed by atoms with Crippen molar-refractivity contribution in [2.75, 3.05) is 14.2 Å². The van der Waals surface area contributed by atoms with Crippen molar-refractivity contribution in [2.45, 2.75) is 31.3 Å². The fraction of sp³-hybridized carbons (Fsp3) is 0.241. The summed E-state index contributed by atoms with van der Waals surface area (Å²) in [6, 6.07) is 22.8. The standard InChI is InChI=1S/C29H30N2O4/c1-34-25-14-5-21(6-15-25)19-27(22-10-16-26(35-2)17-11-22)31-28(32)18-7-20-3-8-23(9-4-20)29(33)30-24-12-13-24/h3-11,14-18,24,27H,12-13,19H2,1-2H3,(H,30,33)(H,31,32)/b18-7+. The molecule has 3 aromatic carbocycles. The maximum absolute atomic E-state index is 12.8. The van der Waals surface area contributed by atoms with Crippen LogP contribution in [0.15, 0.2) is 78.9 Å². The summed E-state index contributed by atoms with van der Waals surface area (Å²) in [7, 11) is 3.26. The molecule has 6 heteroatoms. The van der Waals surface area contributed by atoms with Crippen molar-refractivity contribution in [3.8, 4) is 11.5 Å². The zero-order chi connectivity index (χ0) is 24.6. The van der Waals surface area contributed by atoms with Crippen molar-refractivity contribution in [3.63, 3.8) is 0 Å². The minimum Gasteiger partial charge on any atom is -0.497 e. The molecule has 6 nitrogen and oxygen atoms in total. The first-order valence-corrected chi connectivity index (χ1v) is 11.7. The number of amides is 2. The Hall–Kier alpha value is -4.06. The van der Waals surface area contributed by atoms with Gasteiger partial charge in [-0.15, -0.1) is 0 Å². The maximum Gasteiger partial charge on any atom is 0.251 e. The second-order valence-corrected chi connectivity index (χ2v) is 8.59. The van der Waals surface area contributed by atoms with Gasteiger partial charge in [0, 0.05) is 17.7 Å². The molecule has 1 unspecified atom stereocenters. The molecule has 0 spiro atoms. The monoisotopic (exact) mass is 470 g/mol. The number of rotatable bonds is 10. The molecule has 0 aromatic heterocycles. The van der Waals surface area contributed by atoms with Gasteiger partial charge in [-0.25, -0.2) is 0 Å². The molecule has 2 N–H and O–H groups in total. The Kier molecular flexibility index (Phi) is 7.83. The largest absolute Gasteiger partial charge is 0.497 e. The summed E-state index contributed by atoms with van der Waals surface area (Å²) in [5, 5.41) is 6.09. The average Bonchev–Trinajstić information content (AvgIpc) is 3.72. The van der Waals surface area contributed by atoms with Gasteiger partial charge in [0.05, 0.1) is 20.3 Å². The summed E-state index contributed by atoms with van der Waals surface area (Å²) in [5.74, 6) is 1.30. The van der Waals surface area contributed by atoms with E-state index in [2.05, 4.69) is 10.6 Å². The third-order valence-corrected chi connectivity index (χ3v) is 5.95. The lowest BCUT2D eigenvalue weighted by Crippen LogP contribution is -2.28. The van der Waals surface area contributed by atoms with Crippen LogP contribution in [-0.2, 0) is 11.2 Å². The molecule has 0 heterocycles. The average molecular weight is 471 g/mol. The van der Waals surface area contributed by atoms with E-state index in [-0.39, 0.29) is 17.9 Å². The fourth-order valence-corrected chi connectivity index (χ4v) is 3.72. The predicted octanol–water partition coefficient (Wildman–Crippen LogP) is 4.71. The normalized spacial score (nSPS) is 13.8. The zero-order valence-corrected chi connectivity index (χ0v) is 20.0. The number of carbonyl (C=O) groups is 2. The van der Waals surface area contributed by atoms with E-state index >= 15 is 0 Å². The van der Waals surface area contributed by atoms with Gasteiger partial charge in [0.25, 0.3) is 5.91 Å². The number of methoxy groups -OCH3 is 2. The first kappa shape index (κ1) is 24.1. The predicted molar refractivity (Wildman–Crippen MR) is 137 cm³/mol. The van der Waals surface area contributed by atoms with Gasteiger partial charge >= 0.3 is 0 Å². The second-order valence-electron chi connectivity index (χ2n) is 8.59. The van der Waals surface area contributed by atoms with E-state index in [0.29, 0.717) is 18.0 Å². The second kappa shape index (κ2) is 11.4. The quantitative estimate of drug-likeness (QED) is 0.421. The van der Waals surface area contributed by atoms with Crippen molar-refractivity contribution >= 4 is 17.9 Å². The molecule has 0 saturated heterocycles. The van der Waals surface area contributed by atoms with Crippen LogP contribution in [0.3, 0.4) is 0 Å². The van der Waals surface area contributed by atoms with Crippen molar-refractivity contribution in [3.05, 3.63) is 101 Å². The summed E-state index contributed by atoms with van der Waals surface area (Å²) >= 11 is 0. The van der Waals surface area contributed by atoms with Crippen LogP contribution in [0.2, 0.25) is 0 Å². The van der Waals surface area contributed by atoms with E-state index < -0.39 is 0 Å². The van der Waals surface area contributed by atoms with Gasteiger partial charge in [-0.2, -0.15) is 0 Å². The number of benzene rings is 3. The Balaban J connectivity index is 1.43. The molecule has 0 aliphatic heterocycles. The molecule has 1 atom stereocenters. The molecular formula is C29H30N2O4. The Labute approximate surface area is 206 Å². The molecular weight excluding hydrogens is 440 g/mol. The van der Waals surface area contributed by atoms with Crippen molar-refractivity contribution in [1.29, 1.82) is 0 Å². The van der Waals surface area contributed by atoms with E-state index in [0.717, 1.165) is 41.0 Å².